The number of aliphatic imine (C=N–C) groups is 1. The topological polar surface area (TPSA) is 38.1 Å². The molecule has 48 heavy (non-hydrogen) atoms. The highest BCUT2D eigenvalue weighted by Gasteiger charge is 2.15. The predicted molar refractivity (Wildman–Crippen MR) is 204 cm³/mol. The summed E-state index contributed by atoms with van der Waals surface area (Å²) in [6.45, 7) is 7.71. The molecule has 1 aromatic heterocycles. The molecule has 0 aliphatic rings. The van der Waals surface area contributed by atoms with Gasteiger partial charge in [-0.25, -0.2) is 9.97 Å². The number of nitrogens with zero attached hydrogens (tertiary/aromatic N) is 3. The van der Waals surface area contributed by atoms with Crippen LogP contribution in [0.25, 0.3) is 72.5 Å². The standard InChI is InChI=1S/C45H35N3/c1-31(24-25-32(2)46-3)36-20-12-21-37(26-36)38-27-39(42-23-13-19-33-14-10-11-22-41(33)42)29-40(28-38)45-47-43(34-15-6-4-7-16-34)30-44(48-45)35-17-8-5-9-18-35/h4-30H,3H2,1-2H3/b31-24+,32-25-. The molecule has 0 radical (unpaired) electrons. The Balaban J connectivity index is 1.45. The molecule has 0 unspecified atom stereocenters. The van der Waals surface area contributed by atoms with Crippen molar-refractivity contribution < 1.29 is 0 Å². The number of fused-ring (bicyclic) bond motifs is 1. The van der Waals surface area contributed by atoms with Gasteiger partial charge in [-0.3, -0.25) is 4.99 Å². The molecule has 0 aliphatic carbocycles. The van der Waals surface area contributed by atoms with Gasteiger partial charge in [-0.05, 0) is 101 Å². The summed E-state index contributed by atoms with van der Waals surface area (Å²) < 4.78 is 0. The predicted octanol–water partition coefficient (Wildman–Crippen LogP) is 12.0. The summed E-state index contributed by atoms with van der Waals surface area (Å²) in [4.78, 5) is 14.4. The van der Waals surface area contributed by atoms with Crippen molar-refractivity contribution in [3.05, 3.63) is 175 Å². The van der Waals surface area contributed by atoms with E-state index in [1.807, 2.05) is 49.4 Å². The van der Waals surface area contributed by atoms with Gasteiger partial charge in [0, 0.05) is 22.4 Å². The summed E-state index contributed by atoms with van der Waals surface area (Å²) in [7, 11) is 0. The normalized spacial score (nSPS) is 11.9. The van der Waals surface area contributed by atoms with Crippen LogP contribution in [0.5, 0.6) is 0 Å². The van der Waals surface area contributed by atoms with Crippen LogP contribution in [-0.2, 0) is 0 Å². The van der Waals surface area contributed by atoms with Crippen LogP contribution in [0.15, 0.2) is 175 Å². The molecule has 0 aliphatic heterocycles. The molecule has 1 heterocycles. The molecule has 0 N–H and O–H groups in total. The van der Waals surface area contributed by atoms with Crippen LogP contribution < -0.4 is 0 Å². The molecule has 3 heteroatoms. The Morgan fingerprint density at radius 3 is 1.81 bits per heavy atom. The van der Waals surface area contributed by atoms with Crippen molar-refractivity contribution in [2.45, 2.75) is 13.8 Å². The van der Waals surface area contributed by atoms with Gasteiger partial charge in [0.1, 0.15) is 0 Å². The van der Waals surface area contributed by atoms with E-state index in [0.29, 0.717) is 5.82 Å². The van der Waals surface area contributed by atoms with E-state index in [2.05, 4.69) is 140 Å². The van der Waals surface area contributed by atoms with Crippen molar-refractivity contribution in [3.63, 3.8) is 0 Å². The third-order valence-electron chi connectivity index (χ3n) is 8.63. The molecule has 0 atom stereocenters. The lowest BCUT2D eigenvalue weighted by Gasteiger charge is -2.14. The minimum Gasteiger partial charge on any atom is -0.269 e. The van der Waals surface area contributed by atoms with E-state index in [4.69, 9.17) is 9.97 Å². The second-order valence-electron chi connectivity index (χ2n) is 11.9. The highest BCUT2D eigenvalue weighted by molar-refractivity contribution is 5.98. The molecule has 0 saturated carbocycles. The maximum atomic E-state index is 5.19. The highest BCUT2D eigenvalue weighted by atomic mass is 14.9. The monoisotopic (exact) mass is 617 g/mol. The maximum Gasteiger partial charge on any atom is 0.160 e. The number of benzene rings is 6. The summed E-state index contributed by atoms with van der Waals surface area (Å²) in [5, 5.41) is 2.41. The van der Waals surface area contributed by atoms with Crippen LogP contribution in [0.2, 0.25) is 0 Å². The zero-order valence-electron chi connectivity index (χ0n) is 27.1. The van der Waals surface area contributed by atoms with E-state index in [1.165, 1.54) is 16.3 Å². The lowest BCUT2D eigenvalue weighted by Crippen LogP contribution is -1.97. The average Bonchev–Trinajstić information content (AvgIpc) is 3.17. The van der Waals surface area contributed by atoms with Crippen molar-refractivity contribution in [2.24, 2.45) is 4.99 Å². The molecular weight excluding hydrogens is 583 g/mol. The van der Waals surface area contributed by atoms with Crippen molar-refractivity contribution in [1.82, 2.24) is 9.97 Å². The second-order valence-corrected chi connectivity index (χ2v) is 11.9. The van der Waals surface area contributed by atoms with E-state index < -0.39 is 0 Å². The van der Waals surface area contributed by atoms with Crippen molar-refractivity contribution in [3.8, 4) is 56.2 Å². The van der Waals surface area contributed by atoms with Gasteiger partial charge in [0.25, 0.3) is 0 Å². The Labute approximate surface area is 282 Å². The van der Waals surface area contributed by atoms with E-state index in [0.717, 1.165) is 61.6 Å². The van der Waals surface area contributed by atoms with Crippen molar-refractivity contribution in [2.75, 3.05) is 0 Å². The van der Waals surface area contributed by atoms with Gasteiger partial charge >= 0.3 is 0 Å². The fourth-order valence-electron chi connectivity index (χ4n) is 5.98. The molecule has 7 aromatic rings. The largest absolute Gasteiger partial charge is 0.269 e. The molecule has 0 fully saturated rings. The molecule has 230 valence electrons. The summed E-state index contributed by atoms with van der Waals surface area (Å²) in [6, 6.07) is 53.2. The molecule has 0 amide bonds. The minimum atomic E-state index is 0.684. The third-order valence-corrected chi connectivity index (χ3v) is 8.63. The summed E-state index contributed by atoms with van der Waals surface area (Å²) >= 11 is 0. The zero-order valence-corrected chi connectivity index (χ0v) is 27.1. The molecule has 3 nitrogen and oxygen atoms in total. The van der Waals surface area contributed by atoms with Gasteiger partial charge in [0.05, 0.1) is 11.4 Å². The first kappa shape index (κ1) is 30.5. The van der Waals surface area contributed by atoms with Crippen LogP contribution in [-0.4, -0.2) is 16.7 Å². The first-order chi connectivity index (χ1) is 23.6. The third kappa shape index (κ3) is 6.53. The van der Waals surface area contributed by atoms with Crippen LogP contribution in [0, 0.1) is 0 Å². The summed E-state index contributed by atoms with van der Waals surface area (Å²) in [5.41, 5.74) is 12.5. The Morgan fingerprint density at radius 2 is 1.10 bits per heavy atom. The Bertz CT molecular complexity index is 2250. The first-order valence-electron chi connectivity index (χ1n) is 16.1. The number of aromatic nitrogens is 2. The zero-order chi connectivity index (χ0) is 32.9. The smallest absolute Gasteiger partial charge is 0.160 e. The van der Waals surface area contributed by atoms with Gasteiger partial charge in [0.2, 0.25) is 0 Å². The van der Waals surface area contributed by atoms with Crippen molar-refractivity contribution in [1.29, 1.82) is 0 Å². The van der Waals surface area contributed by atoms with E-state index in [1.54, 1.807) is 0 Å². The quantitative estimate of drug-likeness (QED) is 0.126. The average molecular weight is 618 g/mol. The Morgan fingerprint density at radius 1 is 0.521 bits per heavy atom. The number of hydrogen-bond donors (Lipinski definition) is 0. The molecule has 0 spiro atoms. The van der Waals surface area contributed by atoms with Gasteiger partial charge in [-0.2, -0.15) is 0 Å². The lowest BCUT2D eigenvalue weighted by atomic mass is 9.92. The van der Waals surface area contributed by atoms with Gasteiger partial charge in [-0.15, -0.1) is 0 Å². The fraction of sp³-hybridized carbons (Fsp3) is 0.0444. The minimum absolute atomic E-state index is 0.684. The molecule has 6 aromatic carbocycles. The number of rotatable bonds is 8. The molecular formula is C45H35N3. The number of hydrogen-bond acceptors (Lipinski definition) is 3. The lowest BCUT2D eigenvalue weighted by molar-refractivity contribution is 1.18. The maximum absolute atomic E-state index is 5.19. The van der Waals surface area contributed by atoms with Crippen LogP contribution in [0.4, 0.5) is 0 Å². The molecule has 7 rings (SSSR count). The van der Waals surface area contributed by atoms with Crippen LogP contribution in [0.3, 0.4) is 0 Å². The second kappa shape index (κ2) is 13.7. The van der Waals surface area contributed by atoms with Crippen molar-refractivity contribution >= 4 is 23.1 Å². The Hall–Kier alpha value is -6.19. The Kier molecular flexibility index (Phi) is 8.67. The fourth-order valence-corrected chi connectivity index (χ4v) is 5.98. The SMILES string of the molecule is C=N/C(C)=C\C=C(/C)c1cccc(-c2cc(-c3nc(-c4ccccc4)cc(-c4ccccc4)n3)cc(-c3cccc4ccccc34)c2)c1. The summed E-state index contributed by atoms with van der Waals surface area (Å²) in [5.74, 6) is 0.684. The number of allylic oxidation sites excluding steroid dienone is 4. The van der Waals surface area contributed by atoms with E-state index in [9.17, 15) is 0 Å². The first-order valence-corrected chi connectivity index (χ1v) is 16.1. The summed E-state index contributed by atoms with van der Waals surface area (Å²) in [6.07, 6.45) is 4.09. The highest BCUT2D eigenvalue weighted by Crippen LogP contribution is 2.37. The molecule has 0 saturated heterocycles. The van der Waals surface area contributed by atoms with Gasteiger partial charge in [-0.1, -0.05) is 127 Å². The van der Waals surface area contributed by atoms with E-state index >= 15 is 0 Å². The van der Waals surface area contributed by atoms with Gasteiger partial charge < -0.3 is 0 Å². The van der Waals surface area contributed by atoms with Crippen LogP contribution >= 0.6 is 0 Å². The molecule has 0 bridgehead atoms. The van der Waals surface area contributed by atoms with E-state index in [-0.39, 0.29) is 0 Å². The van der Waals surface area contributed by atoms with Gasteiger partial charge in [0.15, 0.2) is 5.82 Å². The van der Waals surface area contributed by atoms with Crippen LogP contribution in [0.1, 0.15) is 19.4 Å².